The molecule has 2 spiro atoms. The van der Waals surface area contributed by atoms with Crippen LogP contribution in [0.2, 0.25) is 0 Å². The van der Waals surface area contributed by atoms with E-state index >= 15 is 0 Å². The zero-order valence-electron chi connectivity index (χ0n) is 16.6. The highest BCUT2D eigenvalue weighted by atomic mass is 16.7. The molecule has 1 aliphatic heterocycles. The van der Waals surface area contributed by atoms with E-state index in [2.05, 4.69) is 60.7 Å². The summed E-state index contributed by atoms with van der Waals surface area (Å²) < 4.78 is 12.0. The molecule has 1 unspecified atom stereocenters. The van der Waals surface area contributed by atoms with E-state index in [1.54, 1.807) is 0 Å². The van der Waals surface area contributed by atoms with Gasteiger partial charge in [0, 0.05) is 18.9 Å². The fourth-order valence-electron chi connectivity index (χ4n) is 6.30. The molecule has 1 atom stereocenters. The largest absolute Gasteiger partial charge is 0.348 e. The van der Waals surface area contributed by atoms with Crippen LogP contribution in [-0.2, 0) is 22.3 Å². The van der Waals surface area contributed by atoms with E-state index in [4.69, 9.17) is 15.2 Å². The van der Waals surface area contributed by atoms with Crippen molar-refractivity contribution in [3.63, 3.8) is 0 Å². The van der Waals surface area contributed by atoms with Gasteiger partial charge in [0.15, 0.2) is 5.79 Å². The lowest BCUT2D eigenvalue weighted by molar-refractivity contribution is -0.228. The molecule has 3 fully saturated rings. The molecule has 0 radical (unpaired) electrons. The van der Waals surface area contributed by atoms with Gasteiger partial charge in [-0.3, -0.25) is 0 Å². The van der Waals surface area contributed by atoms with Gasteiger partial charge in [-0.1, -0.05) is 60.7 Å². The lowest BCUT2D eigenvalue weighted by Gasteiger charge is -2.67. The van der Waals surface area contributed by atoms with E-state index < -0.39 is 0 Å². The molecule has 0 amide bonds. The highest BCUT2D eigenvalue weighted by molar-refractivity contribution is 5.28. The summed E-state index contributed by atoms with van der Waals surface area (Å²) in [6.45, 7) is 1.48. The van der Waals surface area contributed by atoms with Gasteiger partial charge < -0.3 is 15.2 Å². The maximum atomic E-state index is 6.84. The maximum Gasteiger partial charge on any atom is 0.168 e. The van der Waals surface area contributed by atoms with Crippen molar-refractivity contribution in [2.75, 3.05) is 13.2 Å². The summed E-state index contributed by atoms with van der Waals surface area (Å²) in [4.78, 5) is 0. The minimum atomic E-state index is -0.309. The molecular weight excluding hydrogens is 346 g/mol. The SMILES string of the molecule is NC1CC2(CCC3(CC2)OCCO3)C1(Cc1ccccc1)Cc1ccccc1. The Morgan fingerprint density at radius 2 is 1.25 bits per heavy atom. The topological polar surface area (TPSA) is 44.5 Å². The highest BCUT2D eigenvalue weighted by Gasteiger charge is 2.65. The van der Waals surface area contributed by atoms with Gasteiger partial charge >= 0.3 is 0 Å². The quantitative estimate of drug-likeness (QED) is 0.854. The van der Waals surface area contributed by atoms with Gasteiger partial charge in [0.25, 0.3) is 0 Å². The fraction of sp³-hybridized carbons (Fsp3) is 0.520. The first kappa shape index (κ1) is 18.4. The predicted octanol–water partition coefficient (Wildman–Crippen LogP) is 4.49. The molecule has 2 aliphatic carbocycles. The van der Waals surface area contributed by atoms with Gasteiger partial charge in [-0.05, 0) is 54.1 Å². The average molecular weight is 378 g/mol. The first-order chi connectivity index (χ1) is 13.7. The first-order valence-corrected chi connectivity index (χ1v) is 10.8. The normalized spacial score (nSPS) is 27.0. The maximum absolute atomic E-state index is 6.84. The summed E-state index contributed by atoms with van der Waals surface area (Å²) in [6, 6.07) is 22.1. The van der Waals surface area contributed by atoms with Crippen LogP contribution >= 0.6 is 0 Å². The highest BCUT2D eigenvalue weighted by Crippen LogP contribution is 2.67. The van der Waals surface area contributed by atoms with E-state index in [-0.39, 0.29) is 17.2 Å². The summed E-state index contributed by atoms with van der Waals surface area (Å²) in [7, 11) is 0. The monoisotopic (exact) mass is 377 g/mol. The third kappa shape index (κ3) is 2.92. The minimum Gasteiger partial charge on any atom is -0.348 e. The van der Waals surface area contributed by atoms with E-state index in [0.29, 0.717) is 5.41 Å². The molecule has 3 aliphatic rings. The Labute approximate surface area is 168 Å². The molecule has 1 heterocycles. The lowest BCUT2D eigenvalue weighted by atomic mass is 9.39. The van der Waals surface area contributed by atoms with Crippen LogP contribution < -0.4 is 5.73 Å². The second-order valence-electron chi connectivity index (χ2n) is 9.18. The van der Waals surface area contributed by atoms with Crippen LogP contribution in [0.5, 0.6) is 0 Å². The van der Waals surface area contributed by atoms with Crippen molar-refractivity contribution >= 4 is 0 Å². The third-order valence-electron chi connectivity index (χ3n) is 7.88. The first-order valence-electron chi connectivity index (χ1n) is 10.8. The molecule has 1 saturated heterocycles. The van der Waals surface area contributed by atoms with Crippen molar-refractivity contribution in [2.24, 2.45) is 16.6 Å². The molecule has 2 saturated carbocycles. The summed E-state index contributed by atoms with van der Waals surface area (Å²) >= 11 is 0. The van der Waals surface area contributed by atoms with Crippen LogP contribution in [0.25, 0.3) is 0 Å². The van der Waals surface area contributed by atoms with Crippen molar-refractivity contribution in [1.82, 2.24) is 0 Å². The van der Waals surface area contributed by atoms with E-state index in [1.807, 2.05) is 0 Å². The van der Waals surface area contributed by atoms with E-state index in [0.717, 1.165) is 58.2 Å². The van der Waals surface area contributed by atoms with Gasteiger partial charge in [-0.2, -0.15) is 0 Å². The van der Waals surface area contributed by atoms with Crippen LogP contribution in [0.4, 0.5) is 0 Å². The molecule has 2 N–H and O–H groups in total. The lowest BCUT2D eigenvalue weighted by Crippen LogP contribution is -2.69. The summed E-state index contributed by atoms with van der Waals surface area (Å²) in [5.74, 6) is -0.309. The van der Waals surface area contributed by atoms with Gasteiger partial charge in [-0.25, -0.2) is 0 Å². The average Bonchev–Trinajstić information content (AvgIpc) is 3.19. The second kappa shape index (κ2) is 6.98. The summed E-state index contributed by atoms with van der Waals surface area (Å²) in [6.07, 6.45) is 7.55. The summed E-state index contributed by atoms with van der Waals surface area (Å²) in [5, 5.41) is 0. The molecule has 0 bridgehead atoms. The number of nitrogens with two attached hydrogens (primary N) is 1. The molecule has 3 nitrogen and oxygen atoms in total. The van der Waals surface area contributed by atoms with E-state index in [9.17, 15) is 0 Å². The molecular formula is C25H31NO2. The van der Waals surface area contributed by atoms with Crippen molar-refractivity contribution in [3.8, 4) is 0 Å². The Morgan fingerprint density at radius 3 is 1.71 bits per heavy atom. The number of hydrogen-bond donors (Lipinski definition) is 1. The second-order valence-corrected chi connectivity index (χ2v) is 9.18. The van der Waals surface area contributed by atoms with Gasteiger partial charge in [-0.15, -0.1) is 0 Å². The standard InChI is InChI=1S/C25H31NO2/c26-22-19-23(11-13-25(14-12-23)27-15-16-28-25)24(22,17-20-7-3-1-4-8-20)18-21-9-5-2-6-10-21/h1-10,22H,11-19,26H2. The van der Waals surface area contributed by atoms with Crippen molar-refractivity contribution in [3.05, 3.63) is 71.8 Å². The molecule has 28 heavy (non-hydrogen) atoms. The molecule has 0 aromatic heterocycles. The molecule has 2 aromatic carbocycles. The Balaban J connectivity index is 1.47. The van der Waals surface area contributed by atoms with Gasteiger partial charge in [0.2, 0.25) is 0 Å². The Morgan fingerprint density at radius 1 is 0.750 bits per heavy atom. The zero-order valence-corrected chi connectivity index (χ0v) is 16.6. The number of benzene rings is 2. The van der Waals surface area contributed by atoms with E-state index in [1.165, 1.54) is 11.1 Å². The number of hydrogen-bond acceptors (Lipinski definition) is 3. The number of ether oxygens (including phenoxy) is 2. The van der Waals surface area contributed by atoms with Crippen LogP contribution in [-0.4, -0.2) is 25.0 Å². The molecule has 5 rings (SSSR count). The third-order valence-corrected chi connectivity index (χ3v) is 7.88. The molecule has 3 heteroatoms. The smallest absolute Gasteiger partial charge is 0.168 e. The predicted molar refractivity (Wildman–Crippen MR) is 111 cm³/mol. The molecule has 2 aromatic rings. The zero-order chi connectivity index (χ0) is 19.1. The Kier molecular flexibility index (Phi) is 4.58. The van der Waals surface area contributed by atoms with Crippen molar-refractivity contribution in [2.45, 2.75) is 56.8 Å². The van der Waals surface area contributed by atoms with Crippen LogP contribution in [0.15, 0.2) is 60.7 Å². The molecule has 148 valence electrons. The summed E-state index contributed by atoms with van der Waals surface area (Å²) in [5.41, 5.74) is 10.0. The van der Waals surface area contributed by atoms with Crippen LogP contribution in [0.1, 0.15) is 43.2 Å². The van der Waals surface area contributed by atoms with Crippen LogP contribution in [0, 0.1) is 10.8 Å². The number of rotatable bonds is 4. The van der Waals surface area contributed by atoms with Gasteiger partial charge in [0.1, 0.15) is 0 Å². The minimum absolute atomic E-state index is 0.107. The van der Waals surface area contributed by atoms with Crippen molar-refractivity contribution in [1.29, 1.82) is 0 Å². The van der Waals surface area contributed by atoms with Gasteiger partial charge in [0.05, 0.1) is 13.2 Å². The van der Waals surface area contributed by atoms with Crippen LogP contribution in [0.3, 0.4) is 0 Å². The Bertz CT molecular complexity index is 746. The van der Waals surface area contributed by atoms with Crippen molar-refractivity contribution < 1.29 is 9.47 Å². The fourth-order valence-corrected chi connectivity index (χ4v) is 6.30. The Hall–Kier alpha value is -1.68.